The van der Waals surface area contributed by atoms with Crippen LogP contribution in [0.25, 0.3) is 0 Å². The Bertz CT molecular complexity index is 117. The number of hydrogen-bond acceptors (Lipinski definition) is 2. The first kappa shape index (κ1) is 14.9. The van der Waals surface area contributed by atoms with Gasteiger partial charge in [-0.25, -0.2) is 0 Å². The van der Waals surface area contributed by atoms with Crippen LogP contribution >= 0.6 is 0 Å². The van der Waals surface area contributed by atoms with Gasteiger partial charge >= 0.3 is 0 Å². The molecule has 2 heteroatoms. The number of nitrogens with zero attached hydrogens (tertiary/aromatic N) is 1. The van der Waals surface area contributed by atoms with E-state index in [0.717, 1.165) is 19.8 Å². The Kier molecular flexibility index (Phi) is 11.9. The summed E-state index contributed by atoms with van der Waals surface area (Å²) < 4.78 is 5.58. The summed E-state index contributed by atoms with van der Waals surface area (Å²) in [5, 5.41) is 0. The third kappa shape index (κ3) is 11.8. The van der Waals surface area contributed by atoms with Crippen LogP contribution in [0.4, 0.5) is 0 Å². The van der Waals surface area contributed by atoms with E-state index in [9.17, 15) is 0 Å². The minimum atomic E-state index is 0.948. The molecule has 0 radical (unpaired) electrons. The molecule has 0 aliphatic carbocycles. The second-order valence-corrected chi connectivity index (χ2v) is 4.28. The van der Waals surface area contributed by atoms with Crippen molar-refractivity contribution in [3.8, 4) is 0 Å². The standard InChI is InChI=1S/C13H29NO/c1-4-6-7-9-12-15-13-10-8-11-14(3)5-2/h4-13H2,1-3H3. The van der Waals surface area contributed by atoms with Gasteiger partial charge in [-0.1, -0.05) is 33.1 Å². The molecule has 0 bridgehead atoms. The maximum Gasteiger partial charge on any atom is 0.0466 e. The topological polar surface area (TPSA) is 12.5 Å². The third-order valence-electron chi connectivity index (χ3n) is 2.76. The smallest absolute Gasteiger partial charge is 0.0466 e. The van der Waals surface area contributed by atoms with Gasteiger partial charge in [0.15, 0.2) is 0 Å². The van der Waals surface area contributed by atoms with Crippen molar-refractivity contribution in [1.82, 2.24) is 4.90 Å². The van der Waals surface area contributed by atoms with E-state index in [1.165, 1.54) is 45.1 Å². The van der Waals surface area contributed by atoms with Crippen molar-refractivity contribution >= 4 is 0 Å². The molecule has 0 aromatic carbocycles. The molecule has 0 aromatic heterocycles. The molecular weight excluding hydrogens is 186 g/mol. The van der Waals surface area contributed by atoms with Crippen LogP contribution in [0.5, 0.6) is 0 Å². The van der Waals surface area contributed by atoms with E-state index in [1.54, 1.807) is 0 Å². The van der Waals surface area contributed by atoms with Crippen molar-refractivity contribution in [3.63, 3.8) is 0 Å². The second kappa shape index (κ2) is 12.0. The van der Waals surface area contributed by atoms with Crippen LogP contribution in [0.15, 0.2) is 0 Å². The fourth-order valence-corrected chi connectivity index (χ4v) is 1.48. The first-order chi connectivity index (χ1) is 7.31. The lowest BCUT2D eigenvalue weighted by molar-refractivity contribution is 0.124. The van der Waals surface area contributed by atoms with Gasteiger partial charge in [-0.05, 0) is 39.4 Å². The summed E-state index contributed by atoms with van der Waals surface area (Å²) in [7, 11) is 2.17. The van der Waals surface area contributed by atoms with Gasteiger partial charge in [0.05, 0.1) is 0 Å². The molecule has 0 aliphatic heterocycles. The van der Waals surface area contributed by atoms with E-state index in [4.69, 9.17) is 4.74 Å². The second-order valence-electron chi connectivity index (χ2n) is 4.28. The molecule has 0 saturated carbocycles. The van der Waals surface area contributed by atoms with Gasteiger partial charge in [0.25, 0.3) is 0 Å². The zero-order valence-corrected chi connectivity index (χ0v) is 10.9. The van der Waals surface area contributed by atoms with E-state index in [0.29, 0.717) is 0 Å². The molecule has 92 valence electrons. The molecule has 0 fully saturated rings. The van der Waals surface area contributed by atoms with Gasteiger partial charge in [0.1, 0.15) is 0 Å². The van der Waals surface area contributed by atoms with Gasteiger partial charge in [0.2, 0.25) is 0 Å². The highest BCUT2D eigenvalue weighted by atomic mass is 16.5. The summed E-state index contributed by atoms with van der Waals surface area (Å²) in [4.78, 5) is 2.35. The van der Waals surface area contributed by atoms with E-state index < -0.39 is 0 Å². The highest BCUT2D eigenvalue weighted by Crippen LogP contribution is 2.00. The Morgan fingerprint density at radius 1 is 0.867 bits per heavy atom. The SMILES string of the molecule is CCCCCCOCCCCN(C)CC. The molecule has 0 N–H and O–H groups in total. The largest absolute Gasteiger partial charge is 0.381 e. The molecule has 0 amide bonds. The van der Waals surface area contributed by atoms with Crippen molar-refractivity contribution in [1.29, 1.82) is 0 Å². The van der Waals surface area contributed by atoms with E-state index >= 15 is 0 Å². The van der Waals surface area contributed by atoms with Crippen molar-refractivity contribution in [2.24, 2.45) is 0 Å². The van der Waals surface area contributed by atoms with Gasteiger partial charge in [-0.15, -0.1) is 0 Å². The molecule has 15 heavy (non-hydrogen) atoms. The molecule has 0 unspecified atom stereocenters. The Morgan fingerprint density at radius 2 is 1.53 bits per heavy atom. The fraction of sp³-hybridized carbons (Fsp3) is 1.00. The lowest BCUT2D eigenvalue weighted by Crippen LogP contribution is -2.19. The maximum absolute atomic E-state index is 5.58. The molecule has 0 saturated heterocycles. The Morgan fingerprint density at radius 3 is 2.13 bits per heavy atom. The molecule has 0 aromatic rings. The number of hydrogen-bond donors (Lipinski definition) is 0. The lowest BCUT2D eigenvalue weighted by Gasteiger charge is -2.13. The van der Waals surface area contributed by atoms with Crippen LogP contribution in [0.1, 0.15) is 52.4 Å². The zero-order chi connectivity index (χ0) is 11.4. The molecule has 0 aliphatic rings. The monoisotopic (exact) mass is 215 g/mol. The van der Waals surface area contributed by atoms with E-state index in [-0.39, 0.29) is 0 Å². The summed E-state index contributed by atoms with van der Waals surface area (Å²) in [6.07, 6.45) is 7.70. The number of unbranched alkanes of at least 4 members (excludes halogenated alkanes) is 4. The third-order valence-corrected chi connectivity index (χ3v) is 2.76. The molecule has 0 rings (SSSR count). The van der Waals surface area contributed by atoms with Crippen molar-refractivity contribution < 1.29 is 4.74 Å². The molecule has 2 nitrogen and oxygen atoms in total. The van der Waals surface area contributed by atoms with Crippen molar-refractivity contribution in [2.45, 2.75) is 52.4 Å². The molecule has 0 atom stereocenters. The van der Waals surface area contributed by atoms with Crippen LogP contribution in [-0.4, -0.2) is 38.3 Å². The first-order valence-corrected chi connectivity index (χ1v) is 6.57. The first-order valence-electron chi connectivity index (χ1n) is 6.57. The Hall–Kier alpha value is -0.0800. The lowest BCUT2D eigenvalue weighted by atomic mass is 10.2. The van der Waals surface area contributed by atoms with Crippen molar-refractivity contribution in [2.75, 3.05) is 33.4 Å². The summed E-state index contributed by atoms with van der Waals surface area (Å²) in [6, 6.07) is 0. The Labute approximate surface area is 96.0 Å². The van der Waals surface area contributed by atoms with Gasteiger partial charge in [0, 0.05) is 13.2 Å². The van der Waals surface area contributed by atoms with E-state index in [1.807, 2.05) is 0 Å². The highest BCUT2D eigenvalue weighted by molar-refractivity contribution is 4.48. The van der Waals surface area contributed by atoms with Crippen LogP contribution in [0.2, 0.25) is 0 Å². The fourth-order valence-electron chi connectivity index (χ4n) is 1.48. The quantitative estimate of drug-likeness (QED) is 0.490. The predicted molar refractivity (Wildman–Crippen MR) is 67.4 cm³/mol. The molecule has 0 spiro atoms. The number of rotatable bonds is 11. The average Bonchev–Trinajstić information content (AvgIpc) is 2.26. The van der Waals surface area contributed by atoms with Crippen LogP contribution < -0.4 is 0 Å². The van der Waals surface area contributed by atoms with Crippen LogP contribution in [-0.2, 0) is 4.74 Å². The minimum Gasteiger partial charge on any atom is -0.381 e. The van der Waals surface area contributed by atoms with Gasteiger partial charge in [-0.2, -0.15) is 0 Å². The summed E-state index contributed by atoms with van der Waals surface area (Å²) >= 11 is 0. The van der Waals surface area contributed by atoms with E-state index in [2.05, 4.69) is 25.8 Å². The van der Waals surface area contributed by atoms with Crippen LogP contribution in [0, 0.1) is 0 Å². The number of ether oxygens (including phenoxy) is 1. The summed E-state index contributed by atoms with van der Waals surface area (Å²) in [5.41, 5.74) is 0. The van der Waals surface area contributed by atoms with Crippen LogP contribution in [0.3, 0.4) is 0 Å². The predicted octanol–water partition coefficient (Wildman–Crippen LogP) is 3.32. The zero-order valence-electron chi connectivity index (χ0n) is 10.9. The maximum atomic E-state index is 5.58. The normalized spacial score (nSPS) is 11.2. The summed E-state index contributed by atoms with van der Waals surface area (Å²) in [5.74, 6) is 0. The van der Waals surface area contributed by atoms with Crippen molar-refractivity contribution in [3.05, 3.63) is 0 Å². The van der Waals surface area contributed by atoms with Gasteiger partial charge in [-0.3, -0.25) is 0 Å². The summed E-state index contributed by atoms with van der Waals surface area (Å²) in [6.45, 7) is 8.70. The minimum absolute atomic E-state index is 0.948. The molecular formula is C13H29NO. The molecule has 0 heterocycles. The Balaban J connectivity index is 2.92. The highest BCUT2D eigenvalue weighted by Gasteiger charge is 1.94. The average molecular weight is 215 g/mol. The van der Waals surface area contributed by atoms with Gasteiger partial charge < -0.3 is 9.64 Å².